The van der Waals surface area contributed by atoms with Gasteiger partial charge in [0.2, 0.25) is 0 Å². The highest BCUT2D eigenvalue weighted by molar-refractivity contribution is 9.10. The Bertz CT molecular complexity index is 532. The average Bonchev–Trinajstić information content (AvgIpc) is 2.34. The second-order valence-electron chi connectivity index (χ2n) is 5.28. The van der Waals surface area contributed by atoms with E-state index in [0.29, 0.717) is 5.69 Å². The van der Waals surface area contributed by atoms with E-state index in [2.05, 4.69) is 21.2 Å². The van der Waals surface area contributed by atoms with Crippen molar-refractivity contribution in [1.82, 2.24) is 4.90 Å². The van der Waals surface area contributed by atoms with Crippen molar-refractivity contribution >= 4 is 33.6 Å². The molecule has 5 nitrogen and oxygen atoms in total. The Morgan fingerprint density at radius 3 is 2.10 bits per heavy atom. The molecule has 110 valence electrons. The van der Waals surface area contributed by atoms with E-state index in [-0.39, 0.29) is 0 Å². The molecular weight excluding hydrogens is 324 g/mol. The summed E-state index contributed by atoms with van der Waals surface area (Å²) in [6.45, 7) is 6.81. The number of rotatable bonds is 3. The number of carboxylic acid groups (broad SMARTS) is 1. The molecule has 0 atom stereocenters. The summed E-state index contributed by atoms with van der Waals surface area (Å²) in [7, 11) is 1.46. The van der Waals surface area contributed by atoms with Crippen molar-refractivity contribution in [2.24, 2.45) is 0 Å². The Balaban J connectivity index is 2.94. The SMILES string of the molecule is Cc1cc(NC(=O)N(C)C(C)(C)C(=O)O)cc(C)c1Br. The quantitative estimate of drug-likeness (QED) is 0.884. The first-order valence-electron chi connectivity index (χ1n) is 6.12. The minimum Gasteiger partial charge on any atom is -0.480 e. The van der Waals surface area contributed by atoms with Gasteiger partial charge >= 0.3 is 12.0 Å². The van der Waals surface area contributed by atoms with Gasteiger partial charge in [-0.25, -0.2) is 9.59 Å². The summed E-state index contributed by atoms with van der Waals surface area (Å²) in [6.07, 6.45) is 0. The third-order valence-electron chi connectivity index (χ3n) is 3.35. The van der Waals surface area contributed by atoms with Gasteiger partial charge in [-0.05, 0) is 51.0 Å². The number of urea groups is 1. The summed E-state index contributed by atoms with van der Waals surface area (Å²) in [5.74, 6) is -1.06. The Morgan fingerprint density at radius 2 is 1.70 bits per heavy atom. The number of carbonyl (C=O) groups is 2. The molecule has 2 amide bonds. The smallest absolute Gasteiger partial charge is 0.329 e. The number of halogens is 1. The molecule has 0 unspecified atom stereocenters. The number of amides is 2. The first-order chi connectivity index (χ1) is 9.07. The molecule has 0 saturated carbocycles. The lowest BCUT2D eigenvalue weighted by atomic mass is 10.0. The highest BCUT2D eigenvalue weighted by Crippen LogP contribution is 2.25. The van der Waals surface area contributed by atoms with Gasteiger partial charge in [0.05, 0.1) is 0 Å². The fourth-order valence-electron chi connectivity index (χ4n) is 1.62. The van der Waals surface area contributed by atoms with Crippen LogP contribution in [0, 0.1) is 13.8 Å². The van der Waals surface area contributed by atoms with E-state index < -0.39 is 17.5 Å². The zero-order valence-electron chi connectivity index (χ0n) is 12.2. The average molecular weight is 343 g/mol. The van der Waals surface area contributed by atoms with E-state index in [1.165, 1.54) is 25.8 Å². The molecule has 1 aromatic carbocycles. The second-order valence-corrected chi connectivity index (χ2v) is 6.07. The molecule has 20 heavy (non-hydrogen) atoms. The van der Waals surface area contributed by atoms with Crippen LogP contribution >= 0.6 is 15.9 Å². The van der Waals surface area contributed by atoms with E-state index in [0.717, 1.165) is 15.6 Å². The molecule has 2 N–H and O–H groups in total. The van der Waals surface area contributed by atoms with Gasteiger partial charge in [0.1, 0.15) is 5.54 Å². The lowest BCUT2D eigenvalue weighted by Gasteiger charge is -2.31. The zero-order valence-corrected chi connectivity index (χ0v) is 13.8. The molecule has 0 spiro atoms. The van der Waals surface area contributed by atoms with Gasteiger partial charge in [0, 0.05) is 17.2 Å². The third-order valence-corrected chi connectivity index (χ3v) is 4.61. The van der Waals surface area contributed by atoms with Crippen LogP contribution < -0.4 is 5.32 Å². The summed E-state index contributed by atoms with van der Waals surface area (Å²) in [5, 5.41) is 11.8. The van der Waals surface area contributed by atoms with Gasteiger partial charge < -0.3 is 15.3 Å². The molecule has 0 heterocycles. The van der Waals surface area contributed by atoms with Gasteiger partial charge in [-0.3, -0.25) is 0 Å². The maximum Gasteiger partial charge on any atom is 0.329 e. The highest BCUT2D eigenvalue weighted by atomic mass is 79.9. The van der Waals surface area contributed by atoms with Crippen molar-refractivity contribution in [3.05, 3.63) is 27.7 Å². The number of benzene rings is 1. The summed E-state index contributed by atoms with van der Waals surface area (Å²) in [4.78, 5) is 24.4. The van der Waals surface area contributed by atoms with Crippen LogP contribution in [-0.4, -0.2) is 34.6 Å². The number of likely N-dealkylation sites (N-methyl/N-ethyl adjacent to an activating group) is 1. The van der Waals surface area contributed by atoms with Crippen LogP contribution in [0.5, 0.6) is 0 Å². The number of hydrogen-bond donors (Lipinski definition) is 2. The van der Waals surface area contributed by atoms with Gasteiger partial charge in [0.25, 0.3) is 0 Å². The number of hydrogen-bond acceptors (Lipinski definition) is 2. The molecule has 0 aliphatic carbocycles. The molecule has 0 radical (unpaired) electrons. The van der Waals surface area contributed by atoms with Crippen molar-refractivity contribution in [2.75, 3.05) is 12.4 Å². The molecule has 1 aromatic rings. The summed E-state index contributed by atoms with van der Waals surface area (Å²) in [5.41, 5.74) is 1.37. The number of aryl methyl sites for hydroxylation is 2. The van der Waals surface area contributed by atoms with Crippen LogP contribution in [0.25, 0.3) is 0 Å². The van der Waals surface area contributed by atoms with Crippen LogP contribution in [0.1, 0.15) is 25.0 Å². The van der Waals surface area contributed by atoms with Crippen LogP contribution in [0.15, 0.2) is 16.6 Å². The monoisotopic (exact) mass is 342 g/mol. The van der Waals surface area contributed by atoms with Gasteiger partial charge in [0.15, 0.2) is 0 Å². The van der Waals surface area contributed by atoms with Crippen molar-refractivity contribution < 1.29 is 14.7 Å². The van der Waals surface area contributed by atoms with Crippen molar-refractivity contribution in [2.45, 2.75) is 33.2 Å². The normalized spacial score (nSPS) is 11.1. The van der Waals surface area contributed by atoms with E-state index in [4.69, 9.17) is 5.11 Å². The maximum atomic E-state index is 12.1. The maximum absolute atomic E-state index is 12.1. The Labute approximate surface area is 127 Å². The van der Waals surface area contributed by atoms with E-state index in [1.807, 2.05) is 26.0 Å². The van der Waals surface area contributed by atoms with Gasteiger partial charge in [-0.1, -0.05) is 15.9 Å². The lowest BCUT2D eigenvalue weighted by Crippen LogP contribution is -2.52. The van der Waals surface area contributed by atoms with Gasteiger partial charge in [-0.2, -0.15) is 0 Å². The molecular formula is C14H19BrN2O3. The van der Waals surface area contributed by atoms with Crippen molar-refractivity contribution in [3.8, 4) is 0 Å². The fourth-order valence-corrected chi connectivity index (χ4v) is 1.85. The number of aliphatic carboxylic acids is 1. The van der Waals surface area contributed by atoms with E-state index in [1.54, 1.807) is 0 Å². The molecule has 6 heteroatoms. The van der Waals surface area contributed by atoms with Gasteiger partial charge in [-0.15, -0.1) is 0 Å². The number of nitrogens with one attached hydrogen (secondary N) is 1. The minimum atomic E-state index is -1.27. The third kappa shape index (κ3) is 3.30. The molecule has 0 bridgehead atoms. The second kappa shape index (κ2) is 5.83. The van der Waals surface area contributed by atoms with E-state index >= 15 is 0 Å². The van der Waals surface area contributed by atoms with Crippen LogP contribution in [0.2, 0.25) is 0 Å². The summed E-state index contributed by atoms with van der Waals surface area (Å²) in [6, 6.07) is 3.20. The zero-order chi connectivity index (χ0) is 15.7. The van der Waals surface area contributed by atoms with Crippen LogP contribution in [-0.2, 0) is 4.79 Å². The van der Waals surface area contributed by atoms with Crippen molar-refractivity contribution in [3.63, 3.8) is 0 Å². The van der Waals surface area contributed by atoms with Crippen molar-refractivity contribution in [1.29, 1.82) is 0 Å². The largest absolute Gasteiger partial charge is 0.480 e. The predicted molar refractivity (Wildman–Crippen MR) is 82.1 cm³/mol. The number of nitrogens with zero attached hydrogens (tertiary/aromatic N) is 1. The lowest BCUT2D eigenvalue weighted by molar-refractivity contribution is -0.146. The fraction of sp³-hybridized carbons (Fsp3) is 0.429. The molecule has 1 rings (SSSR count). The van der Waals surface area contributed by atoms with E-state index in [9.17, 15) is 9.59 Å². The Kier molecular flexibility index (Phi) is 4.81. The number of carbonyl (C=O) groups excluding carboxylic acids is 1. The number of anilines is 1. The Morgan fingerprint density at radius 1 is 1.25 bits per heavy atom. The topological polar surface area (TPSA) is 69.6 Å². The Hall–Kier alpha value is -1.56. The number of carboxylic acids is 1. The molecule has 0 aromatic heterocycles. The minimum absolute atomic E-state index is 0.460. The molecule has 0 aliphatic rings. The summed E-state index contributed by atoms with van der Waals surface area (Å²) >= 11 is 3.46. The highest BCUT2D eigenvalue weighted by Gasteiger charge is 2.35. The molecule has 0 saturated heterocycles. The molecule has 0 aliphatic heterocycles. The first-order valence-corrected chi connectivity index (χ1v) is 6.91. The van der Waals surface area contributed by atoms with Crippen LogP contribution in [0.4, 0.5) is 10.5 Å². The summed E-state index contributed by atoms with van der Waals surface area (Å²) < 4.78 is 0.995. The first kappa shape index (κ1) is 16.5. The molecule has 0 fully saturated rings. The standard InChI is InChI=1S/C14H19BrN2O3/c1-8-6-10(7-9(2)11(8)15)16-13(20)17(5)14(3,4)12(18)19/h6-7H,1-5H3,(H,16,20)(H,18,19). The predicted octanol–water partition coefficient (Wildman–Crippen LogP) is 3.39. The van der Waals surface area contributed by atoms with Crippen LogP contribution in [0.3, 0.4) is 0 Å².